The third kappa shape index (κ3) is 12.3. The Morgan fingerprint density at radius 2 is 1.02 bits per heavy atom. The molecular weight excluding hydrogens is 847 g/mol. The molecule has 2 unspecified atom stereocenters. The number of benzene rings is 4. The summed E-state index contributed by atoms with van der Waals surface area (Å²) in [6, 6.07) is 27.9. The first kappa shape index (κ1) is 45.9. The Hall–Kier alpha value is -6.60. The summed E-state index contributed by atoms with van der Waals surface area (Å²) >= 11 is 0. The first-order valence-corrected chi connectivity index (χ1v) is 23.1. The lowest BCUT2D eigenvalue weighted by Crippen LogP contribution is -2.33. The second kappa shape index (κ2) is 20.1. The lowest BCUT2D eigenvalue weighted by atomic mass is 10.1. The molecule has 2 aliphatic heterocycles. The molecule has 4 heterocycles. The molecule has 4 aromatic carbocycles. The lowest BCUT2D eigenvalue weighted by Gasteiger charge is -2.25. The minimum atomic E-state index is -3.42. The van der Waals surface area contributed by atoms with Crippen molar-refractivity contribution in [2.75, 3.05) is 41.9 Å². The Bertz CT molecular complexity index is 2780. The van der Waals surface area contributed by atoms with Gasteiger partial charge in [0.15, 0.2) is 42.8 Å². The van der Waals surface area contributed by atoms with E-state index in [-0.39, 0.29) is 63.8 Å². The van der Waals surface area contributed by atoms with Gasteiger partial charge in [-0.25, -0.2) is 41.6 Å². The summed E-state index contributed by atoms with van der Waals surface area (Å²) in [5, 5.41) is 8.90. The maximum Gasteiger partial charge on any atom is 0.358 e. The number of hydrogen-bond donors (Lipinski definition) is 4. The van der Waals surface area contributed by atoms with Crippen molar-refractivity contribution < 1.29 is 41.0 Å². The zero-order chi connectivity index (χ0) is 45.3. The molecule has 0 saturated carbocycles. The fraction of sp³-hybridized carbons (Fsp3) is 0.244. The van der Waals surface area contributed by atoms with Crippen molar-refractivity contribution in [3.8, 4) is 22.5 Å². The average Bonchev–Trinajstić information content (AvgIpc) is 3.22. The van der Waals surface area contributed by atoms with Crippen molar-refractivity contribution in [1.29, 1.82) is 0 Å². The number of aromatic carboxylic acids is 1. The summed E-state index contributed by atoms with van der Waals surface area (Å²) in [5.74, 6) is -1.42. The van der Waals surface area contributed by atoms with Crippen LogP contribution in [0.4, 0.5) is 17.3 Å². The second-order valence-corrected chi connectivity index (χ2v) is 19.0. The molecule has 16 nitrogen and oxygen atoms in total. The molecule has 2 aliphatic rings. The van der Waals surface area contributed by atoms with Crippen LogP contribution in [-0.2, 0) is 35.6 Å². The minimum absolute atomic E-state index is 0.0246. The molecular formula is C45H47N7O9S2. The summed E-state index contributed by atoms with van der Waals surface area (Å²) in [4.78, 5) is 40.6. The van der Waals surface area contributed by atoms with Gasteiger partial charge in [0.2, 0.25) is 0 Å². The molecule has 0 bridgehead atoms. The van der Waals surface area contributed by atoms with E-state index >= 15 is 0 Å². The molecule has 18 heteroatoms. The fourth-order valence-corrected chi connectivity index (χ4v) is 9.15. The Balaban J connectivity index is 0.000000174. The topological polar surface area (TPSA) is 271 Å². The van der Waals surface area contributed by atoms with Crippen molar-refractivity contribution >= 4 is 48.8 Å². The van der Waals surface area contributed by atoms with E-state index in [4.69, 9.17) is 31.8 Å². The largest absolute Gasteiger partial charge is 0.476 e. The van der Waals surface area contributed by atoms with Crippen LogP contribution in [0.1, 0.15) is 50.5 Å². The molecule has 8 rings (SSSR count). The number of carboxylic acids is 1. The van der Waals surface area contributed by atoms with Gasteiger partial charge in [-0.15, -0.1) is 0 Å². The van der Waals surface area contributed by atoms with E-state index in [0.29, 0.717) is 40.7 Å². The SMILES string of the molecule is Cc1ccc(-c2cnc(N)c(C(=O)Cc3ccc(S(=O)(=O)CC4CCO4)cc3)n2)cc1.Cc1ccc(-c2cnc(N)c(C(=O)O)n2)cc1.Nc1ccc(S(=O)(=O)CC2CCO2)cc1. The summed E-state index contributed by atoms with van der Waals surface area (Å²) in [6.07, 6.45) is 4.28. The van der Waals surface area contributed by atoms with Gasteiger partial charge in [-0.3, -0.25) is 4.79 Å². The Morgan fingerprint density at radius 1 is 0.619 bits per heavy atom. The smallest absolute Gasteiger partial charge is 0.358 e. The van der Waals surface area contributed by atoms with Gasteiger partial charge in [0.1, 0.15) is 5.69 Å². The van der Waals surface area contributed by atoms with Gasteiger partial charge in [0.05, 0.1) is 57.3 Å². The second-order valence-electron chi connectivity index (χ2n) is 15.0. The predicted octanol–water partition coefficient (Wildman–Crippen LogP) is 5.59. The lowest BCUT2D eigenvalue weighted by molar-refractivity contribution is -0.0354. The summed E-state index contributed by atoms with van der Waals surface area (Å²) in [7, 11) is -6.63. The maximum atomic E-state index is 12.8. The zero-order valence-corrected chi connectivity index (χ0v) is 36.2. The highest BCUT2D eigenvalue weighted by molar-refractivity contribution is 7.91. The van der Waals surface area contributed by atoms with Crippen LogP contribution in [0.15, 0.2) is 119 Å². The maximum absolute atomic E-state index is 12.8. The summed E-state index contributed by atoms with van der Waals surface area (Å²) in [6.45, 7) is 5.24. The average molecular weight is 894 g/mol. The number of sulfone groups is 2. The van der Waals surface area contributed by atoms with Crippen LogP contribution in [-0.4, -0.2) is 90.6 Å². The van der Waals surface area contributed by atoms with Crippen LogP contribution in [0.2, 0.25) is 0 Å². The van der Waals surface area contributed by atoms with E-state index in [0.717, 1.165) is 35.1 Å². The Kier molecular flexibility index (Phi) is 14.6. The van der Waals surface area contributed by atoms with Gasteiger partial charge >= 0.3 is 5.97 Å². The number of carbonyl (C=O) groups is 2. The first-order valence-electron chi connectivity index (χ1n) is 19.8. The van der Waals surface area contributed by atoms with Crippen molar-refractivity contribution in [1.82, 2.24) is 19.9 Å². The standard InChI is InChI=1S/C23H23N3O4S.C12H11N3O2.C10H13NO3S/c1-15-2-6-17(7-3-15)20-13-25-23(24)22(26-20)21(27)12-16-4-8-19(9-5-16)31(28,29)14-18-10-11-30-18;1-7-2-4-8(5-3-7)9-6-14-11(13)10(15-9)12(16)17;11-8-1-3-10(4-2-8)15(12,13)7-9-5-6-14-9/h2-9,13,18H,10-12,14H2,1H3,(H2,24,25);2-6H,1H3,(H2,13,14)(H,16,17);1-4,9H,5-7,11H2. The molecule has 0 aliphatic carbocycles. The van der Waals surface area contributed by atoms with Gasteiger partial charge in [-0.05, 0) is 68.7 Å². The number of aryl methyl sites for hydroxylation is 2. The molecule has 2 aromatic heterocycles. The summed E-state index contributed by atoms with van der Waals surface area (Å²) < 4.78 is 58.9. The zero-order valence-electron chi connectivity index (χ0n) is 34.5. The van der Waals surface area contributed by atoms with Crippen molar-refractivity contribution in [2.45, 2.75) is 55.1 Å². The highest BCUT2D eigenvalue weighted by Gasteiger charge is 2.28. The van der Waals surface area contributed by atoms with Gasteiger partial charge in [0.25, 0.3) is 0 Å². The van der Waals surface area contributed by atoms with Crippen molar-refractivity contribution in [2.24, 2.45) is 0 Å². The van der Waals surface area contributed by atoms with Crippen LogP contribution in [0.25, 0.3) is 22.5 Å². The van der Waals surface area contributed by atoms with Gasteiger partial charge in [0, 0.05) is 36.4 Å². The molecule has 2 fully saturated rings. The molecule has 7 N–H and O–H groups in total. The van der Waals surface area contributed by atoms with E-state index in [1.54, 1.807) is 30.5 Å². The third-order valence-corrected chi connectivity index (χ3v) is 13.6. The van der Waals surface area contributed by atoms with Gasteiger partial charge in [-0.1, -0.05) is 71.8 Å². The van der Waals surface area contributed by atoms with E-state index in [9.17, 15) is 26.4 Å². The van der Waals surface area contributed by atoms with Crippen LogP contribution in [0.3, 0.4) is 0 Å². The molecule has 6 aromatic rings. The number of carbonyl (C=O) groups excluding carboxylic acids is 1. The van der Waals surface area contributed by atoms with E-state index in [1.807, 2.05) is 62.4 Å². The number of anilines is 3. The molecule has 0 amide bonds. The Labute approximate surface area is 365 Å². The number of carboxylic acid groups (broad SMARTS) is 1. The number of rotatable bonds is 12. The number of ketones is 1. The highest BCUT2D eigenvalue weighted by atomic mass is 32.2. The van der Waals surface area contributed by atoms with E-state index < -0.39 is 25.6 Å². The minimum Gasteiger partial charge on any atom is -0.476 e. The first-order chi connectivity index (χ1) is 30.0. The van der Waals surface area contributed by atoms with Crippen LogP contribution in [0, 0.1) is 13.8 Å². The van der Waals surface area contributed by atoms with Crippen molar-refractivity contribution in [3.05, 3.63) is 138 Å². The number of hydrogen-bond acceptors (Lipinski definition) is 15. The molecule has 2 atom stereocenters. The Morgan fingerprint density at radius 3 is 1.41 bits per heavy atom. The number of nitrogens with zero attached hydrogens (tertiary/aromatic N) is 4. The molecule has 0 spiro atoms. The monoisotopic (exact) mass is 893 g/mol. The van der Waals surface area contributed by atoms with Crippen molar-refractivity contribution in [3.63, 3.8) is 0 Å². The predicted molar refractivity (Wildman–Crippen MR) is 238 cm³/mol. The fourth-order valence-electron chi connectivity index (χ4n) is 6.16. The normalized spacial score (nSPS) is 15.6. The molecule has 63 heavy (non-hydrogen) atoms. The molecule has 0 radical (unpaired) electrons. The number of nitrogen functional groups attached to an aromatic ring is 3. The number of Topliss-reactive ketones (excluding diaryl/α,β-unsaturated/α-hetero) is 1. The molecule has 2 saturated heterocycles. The van der Waals surface area contributed by atoms with Crippen LogP contribution >= 0.6 is 0 Å². The van der Waals surface area contributed by atoms with Gasteiger partial charge < -0.3 is 31.8 Å². The quantitative estimate of drug-likeness (QED) is 0.0862. The summed E-state index contributed by atoms with van der Waals surface area (Å²) in [5.41, 5.74) is 22.9. The van der Waals surface area contributed by atoms with E-state index in [1.165, 1.54) is 30.5 Å². The van der Waals surface area contributed by atoms with Crippen LogP contribution < -0.4 is 17.2 Å². The van der Waals surface area contributed by atoms with Gasteiger partial charge in [-0.2, -0.15) is 0 Å². The number of nitrogens with two attached hydrogens (primary N) is 3. The number of aromatic nitrogens is 4. The molecule has 328 valence electrons. The number of ether oxygens (including phenoxy) is 2. The highest BCUT2D eigenvalue weighted by Crippen LogP contribution is 2.24. The third-order valence-electron chi connectivity index (χ3n) is 10.0. The van der Waals surface area contributed by atoms with E-state index in [2.05, 4.69) is 19.9 Å². The van der Waals surface area contributed by atoms with Crippen LogP contribution in [0.5, 0.6) is 0 Å².